The van der Waals surface area contributed by atoms with Crippen LogP contribution in [0.25, 0.3) is 0 Å². The Morgan fingerprint density at radius 2 is 2.03 bits per heavy atom. The van der Waals surface area contributed by atoms with Crippen LogP contribution >= 0.6 is 23.1 Å². The molecule has 2 aliphatic rings. The summed E-state index contributed by atoms with van der Waals surface area (Å²) < 4.78 is 13.6. The second kappa shape index (κ2) is 8.20. The Balaban J connectivity index is 1.29. The largest absolute Gasteiger partial charge is 0.490 e. The second-order valence-corrected chi connectivity index (χ2v) is 9.15. The average Bonchev–Trinajstić information content (AvgIpc) is 3.38. The van der Waals surface area contributed by atoms with Gasteiger partial charge in [0, 0.05) is 29.3 Å². The maximum Gasteiger partial charge on any atom is 0.191 e. The molecule has 0 N–H and O–H groups in total. The van der Waals surface area contributed by atoms with Gasteiger partial charge in [0.2, 0.25) is 0 Å². The summed E-state index contributed by atoms with van der Waals surface area (Å²) in [4.78, 5) is 14.1. The van der Waals surface area contributed by atoms with Gasteiger partial charge in [0.1, 0.15) is 5.82 Å². The van der Waals surface area contributed by atoms with Crippen LogP contribution in [0.3, 0.4) is 0 Å². The third kappa shape index (κ3) is 4.18. The summed E-state index contributed by atoms with van der Waals surface area (Å²) in [7, 11) is 0. The molecule has 1 aliphatic heterocycles. The van der Waals surface area contributed by atoms with Crippen LogP contribution in [0.5, 0.6) is 11.5 Å². The molecule has 1 aromatic carbocycles. The van der Waals surface area contributed by atoms with Gasteiger partial charge in [-0.05, 0) is 42.5 Å². The number of fused-ring (bicyclic) bond motifs is 1. The molecule has 150 valence electrons. The van der Waals surface area contributed by atoms with E-state index >= 15 is 0 Å². The van der Waals surface area contributed by atoms with Crippen molar-refractivity contribution in [1.82, 2.24) is 14.8 Å². The maximum atomic E-state index is 12.8. The van der Waals surface area contributed by atoms with Crippen LogP contribution in [-0.2, 0) is 6.42 Å². The number of rotatable bonds is 7. The minimum Gasteiger partial charge on any atom is -0.490 e. The van der Waals surface area contributed by atoms with E-state index in [9.17, 15) is 4.79 Å². The van der Waals surface area contributed by atoms with Crippen LogP contribution in [0.15, 0.2) is 40.9 Å². The number of hydrogen-bond acceptors (Lipinski definition) is 7. The molecule has 0 amide bonds. The highest BCUT2D eigenvalue weighted by Gasteiger charge is 2.30. The highest BCUT2D eigenvalue weighted by Crippen LogP contribution is 2.39. The Hall–Kier alpha value is -2.32. The van der Waals surface area contributed by atoms with Gasteiger partial charge in [-0.2, -0.15) is 0 Å². The van der Waals surface area contributed by atoms with Crippen molar-refractivity contribution in [3.63, 3.8) is 0 Å². The Bertz CT molecular complexity index is 1010. The number of Topliss-reactive ketones (excluding diaryl/α,β-unsaturated/α-hetero) is 1. The van der Waals surface area contributed by atoms with E-state index in [0.717, 1.165) is 36.7 Å². The van der Waals surface area contributed by atoms with Crippen LogP contribution < -0.4 is 9.47 Å². The van der Waals surface area contributed by atoms with Gasteiger partial charge in [0.05, 0.1) is 19.0 Å². The number of thioether (sulfide) groups is 1. The fourth-order valence-electron chi connectivity index (χ4n) is 3.35. The van der Waals surface area contributed by atoms with Gasteiger partial charge in [-0.3, -0.25) is 4.79 Å². The molecule has 1 saturated carbocycles. The fraction of sp³-hybridized carbons (Fsp3) is 0.381. The van der Waals surface area contributed by atoms with Crippen molar-refractivity contribution in [2.75, 3.05) is 19.0 Å². The average molecular weight is 428 g/mol. The van der Waals surface area contributed by atoms with Crippen molar-refractivity contribution < 1.29 is 14.3 Å². The Labute approximate surface area is 177 Å². The van der Waals surface area contributed by atoms with Crippen LogP contribution in [0.2, 0.25) is 0 Å². The molecule has 5 rings (SSSR count). The van der Waals surface area contributed by atoms with Crippen LogP contribution in [0, 0.1) is 0 Å². The summed E-state index contributed by atoms with van der Waals surface area (Å²) in [6.45, 7) is 1.25. The van der Waals surface area contributed by atoms with E-state index in [1.165, 1.54) is 16.6 Å². The van der Waals surface area contributed by atoms with E-state index in [2.05, 4.69) is 32.3 Å². The van der Waals surface area contributed by atoms with E-state index in [1.54, 1.807) is 17.4 Å². The lowest BCUT2D eigenvalue weighted by Crippen LogP contribution is -2.07. The normalized spacial score (nSPS) is 15.9. The lowest BCUT2D eigenvalue weighted by Gasteiger charge is -2.10. The SMILES string of the molecule is O=C(CSc1nnc(Cc2cccs2)n1C1CC1)c1ccc2c(c1)OCCCO2. The van der Waals surface area contributed by atoms with Crippen molar-refractivity contribution in [1.29, 1.82) is 0 Å². The molecule has 0 unspecified atom stereocenters. The lowest BCUT2D eigenvalue weighted by atomic mass is 10.1. The first-order chi connectivity index (χ1) is 14.3. The van der Waals surface area contributed by atoms with E-state index in [-0.39, 0.29) is 5.78 Å². The zero-order valence-corrected chi connectivity index (χ0v) is 17.5. The Morgan fingerprint density at radius 3 is 2.83 bits per heavy atom. The molecule has 1 aliphatic carbocycles. The van der Waals surface area contributed by atoms with Gasteiger partial charge in [-0.15, -0.1) is 21.5 Å². The number of hydrogen-bond donors (Lipinski definition) is 0. The summed E-state index contributed by atoms with van der Waals surface area (Å²) >= 11 is 3.20. The predicted octanol–water partition coefficient (Wildman–Crippen LogP) is 4.40. The number of carbonyl (C=O) groups excluding carboxylic acids is 1. The molecule has 3 heterocycles. The van der Waals surface area contributed by atoms with Gasteiger partial charge in [-0.25, -0.2) is 0 Å². The molecule has 0 bridgehead atoms. The fourth-order valence-corrected chi connectivity index (χ4v) is 4.97. The third-order valence-electron chi connectivity index (χ3n) is 4.96. The molecule has 2 aromatic heterocycles. The number of ether oxygens (including phenoxy) is 2. The molecule has 0 saturated heterocycles. The van der Waals surface area contributed by atoms with Crippen molar-refractivity contribution >= 4 is 28.9 Å². The lowest BCUT2D eigenvalue weighted by molar-refractivity contribution is 0.102. The predicted molar refractivity (Wildman–Crippen MR) is 113 cm³/mol. The van der Waals surface area contributed by atoms with E-state index < -0.39 is 0 Å². The van der Waals surface area contributed by atoms with Gasteiger partial charge in [0.15, 0.2) is 22.4 Å². The number of ketones is 1. The number of thiophene rings is 1. The van der Waals surface area contributed by atoms with Gasteiger partial charge < -0.3 is 14.0 Å². The first-order valence-electron chi connectivity index (χ1n) is 9.80. The Morgan fingerprint density at radius 1 is 1.17 bits per heavy atom. The topological polar surface area (TPSA) is 66.2 Å². The van der Waals surface area contributed by atoms with E-state index in [0.29, 0.717) is 42.1 Å². The smallest absolute Gasteiger partial charge is 0.191 e. The van der Waals surface area contributed by atoms with Gasteiger partial charge in [-0.1, -0.05) is 17.8 Å². The van der Waals surface area contributed by atoms with Crippen LogP contribution in [0.4, 0.5) is 0 Å². The minimum atomic E-state index is 0.0517. The quantitative estimate of drug-likeness (QED) is 0.411. The summed E-state index contributed by atoms with van der Waals surface area (Å²) in [5, 5.41) is 11.7. The number of nitrogens with zero attached hydrogens (tertiary/aromatic N) is 3. The minimum absolute atomic E-state index is 0.0517. The van der Waals surface area contributed by atoms with Crippen molar-refractivity contribution in [3.8, 4) is 11.5 Å². The molecule has 0 radical (unpaired) electrons. The first kappa shape index (κ1) is 18.7. The van der Waals surface area contributed by atoms with Crippen molar-refractivity contribution in [2.24, 2.45) is 0 Å². The van der Waals surface area contributed by atoms with Crippen molar-refractivity contribution in [3.05, 3.63) is 52.0 Å². The van der Waals surface area contributed by atoms with Gasteiger partial charge >= 0.3 is 0 Å². The van der Waals surface area contributed by atoms with Gasteiger partial charge in [0.25, 0.3) is 0 Å². The number of carbonyl (C=O) groups is 1. The first-order valence-corrected chi connectivity index (χ1v) is 11.7. The molecule has 0 atom stereocenters. The molecule has 1 fully saturated rings. The summed E-state index contributed by atoms with van der Waals surface area (Å²) in [6, 6.07) is 10.1. The van der Waals surface area contributed by atoms with Crippen LogP contribution in [-0.4, -0.2) is 39.5 Å². The molecular formula is C21H21N3O3S2. The Kier molecular flexibility index (Phi) is 5.28. The highest BCUT2D eigenvalue weighted by molar-refractivity contribution is 7.99. The van der Waals surface area contributed by atoms with E-state index in [4.69, 9.17) is 9.47 Å². The summed E-state index contributed by atoms with van der Waals surface area (Å²) in [6.07, 6.45) is 3.94. The molecule has 6 nitrogen and oxygen atoms in total. The molecule has 0 spiro atoms. The number of benzene rings is 1. The molecule has 8 heteroatoms. The van der Waals surface area contributed by atoms with Crippen LogP contribution in [0.1, 0.15) is 46.4 Å². The zero-order chi connectivity index (χ0) is 19.6. The molecule has 3 aromatic rings. The summed E-state index contributed by atoms with van der Waals surface area (Å²) in [5.74, 6) is 2.72. The molecular weight excluding hydrogens is 406 g/mol. The molecule has 29 heavy (non-hydrogen) atoms. The number of aromatic nitrogens is 3. The standard InChI is InChI=1S/C21H21N3O3S2/c25-17(14-4-7-18-19(11-14)27-9-2-8-26-18)13-29-21-23-22-20(24(21)15-5-6-15)12-16-3-1-10-28-16/h1,3-4,7,10-11,15H,2,5-6,8-9,12-13H2. The zero-order valence-electron chi connectivity index (χ0n) is 15.9. The third-order valence-corrected chi connectivity index (χ3v) is 6.78. The maximum absolute atomic E-state index is 12.8. The monoisotopic (exact) mass is 427 g/mol. The second-order valence-electron chi connectivity index (χ2n) is 7.18. The van der Waals surface area contributed by atoms with E-state index in [1.807, 2.05) is 12.1 Å². The highest BCUT2D eigenvalue weighted by atomic mass is 32.2. The van der Waals surface area contributed by atoms with Crippen molar-refractivity contribution in [2.45, 2.75) is 36.9 Å². The summed E-state index contributed by atoms with van der Waals surface area (Å²) in [5.41, 5.74) is 0.637.